The summed E-state index contributed by atoms with van der Waals surface area (Å²) in [4.78, 5) is 27.6. The largest absolute Gasteiger partial charge is 0.455 e. The number of benzene rings is 1. The normalized spacial score (nSPS) is 21.9. The van der Waals surface area contributed by atoms with Crippen molar-refractivity contribution in [3.63, 3.8) is 0 Å². The molecule has 0 radical (unpaired) electrons. The number of hydrogen-bond acceptors (Lipinski definition) is 6. The van der Waals surface area contributed by atoms with Gasteiger partial charge >= 0.3 is 5.97 Å². The van der Waals surface area contributed by atoms with E-state index in [9.17, 15) is 9.59 Å². The molecule has 25 heavy (non-hydrogen) atoms. The summed E-state index contributed by atoms with van der Waals surface area (Å²) in [6, 6.07) is 9.68. The summed E-state index contributed by atoms with van der Waals surface area (Å²) >= 11 is 2.88. The number of rotatable bonds is 3. The molecule has 2 heterocycles. The lowest BCUT2D eigenvalue weighted by Crippen LogP contribution is -2.62. The molecule has 0 spiro atoms. The first-order valence-corrected chi connectivity index (χ1v) is 9.78. The van der Waals surface area contributed by atoms with Crippen LogP contribution in [0, 0.1) is 0 Å². The van der Waals surface area contributed by atoms with Crippen molar-refractivity contribution in [2.75, 3.05) is 5.75 Å². The zero-order valence-electron chi connectivity index (χ0n) is 14.6. The lowest BCUT2D eigenvalue weighted by molar-refractivity contribution is -0.154. The second kappa shape index (κ2) is 6.88. The number of fused-ring (bicyclic) bond motifs is 1. The van der Waals surface area contributed by atoms with Crippen LogP contribution in [0.3, 0.4) is 0 Å². The highest BCUT2D eigenvalue weighted by Gasteiger charge is 2.51. The predicted molar refractivity (Wildman–Crippen MR) is 101 cm³/mol. The molecule has 0 N–H and O–H groups in total. The topological polar surface area (TPSA) is 59.0 Å². The number of carbonyl (C=O) groups is 2. The number of ether oxygens (including phenoxy) is 1. The zero-order valence-corrected chi connectivity index (χ0v) is 16.2. The van der Waals surface area contributed by atoms with Gasteiger partial charge in [-0.2, -0.15) is 0 Å². The van der Waals surface area contributed by atoms with Crippen molar-refractivity contribution >= 4 is 41.3 Å². The van der Waals surface area contributed by atoms with Crippen LogP contribution in [0.15, 0.2) is 50.9 Å². The van der Waals surface area contributed by atoms with Crippen LogP contribution in [-0.2, 0) is 14.3 Å². The highest BCUT2D eigenvalue weighted by molar-refractivity contribution is 8.01. The van der Waals surface area contributed by atoms with E-state index in [1.165, 1.54) is 16.8 Å². The minimum atomic E-state index is -0.599. The number of carbonyl (C=O) groups excluding carboxylic acids is 2. The van der Waals surface area contributed by atoms with Gasteiger partial charge in [0.25, 0.3) is 5.91 Å². The Morgan fingerprint density at radius 2 is 2.00 bits per heavy atom. The third-order valence-corrected chi connectivity index (χ3v) is 5.71. The molecule has 0 aliphatic carbocycles. The van der Waals surface area contributed by atoms with Crippen LogP contribution in [0.4, 0.5) is 0 Å². The third-order valence-electron chi connectivity index (χ3n) is 3.59. The molecule has 132 valence electrons. The molecule has 5 nitrogen and oxygen atoms in total. The van der Waals surface area contributed by atoms with Gasteiger partial charge in [-0.1, -0.05) is 18.2 Å². The first-order valence-electron chi connectivity index (χ1n) is 7.96. The number of β-lactam (4-membered cyclic amide) rings is 1. The molecule has 3 rings (SSSR count). The van der Waals surface area contributed by atoms with Crippen molar-refractivity contribution in [3.8, 4) is 0 Å². The fourth-order valence-electron chi connectivity index (χ4n) is 2.51. The first kappa shape index (κ1) is 18.1. The molecule has 0 saturated carbocycles. The Hall–Kier alpha value is -1.73. The SMILES string of the molecule is CC1=C(C(=O)OC(C)(C)C)N2C(=O)/C(=N\Sc3ccccc3)[C@H]2SC1. The molecule has 2 aliphatic heterocycles. The van der Waals surface area contributed by atoms with Crippen LogP contribution in [0.25, 0.3) is 0 Å². The average molecular weight is 377 g/mol. The van der Waals surface area contributed by atoms with Crippen molar-refractivity contribution in [1.82, 2.24) is 4.90 Å². The molecule has 0 aromatic heterocycles. The van der Waals surface area contributed by atoms with Gasteiger partial charge in [0.2, 0.25) is 0 Å². The Bertz CT molecular complexity index is 766. The van der Waals surface area contributed by atoms with E-state index in [0.29, 0.717) is 17.2 Å². The van der Waals surface area contributed by atoms with Crippen LogP contribution in [0.2, 0.25) is 0 Å². The highest BCUT2D eigenvalue weighted by atomic mass is 32.2. The lowest BCUT2D eigenvalue weighted by atomic mass is 10.1. The second-order valence-electron chi connectivity index (χ2n) is 6.85. The number of nitrogens with zero attached hydrogens (tertiary/aromatic N) is 2. The van der Waals surface area contributed by atoms with Gasteiger partial charge in [0.05, 0.1) is 0 Å². The highest BCUT2D eigenvalue weighted by Crippen LogP contribution is 2.40. The Morgan fingerprint density at radius 3 is 2.64 bits per heavy atom. The van der Waals surface area contributed by atoms with Crippen molar-refractivity contribution in [3.05, 3.63) is 41.6 Å². The Morgan fingerprint density at radius 1 is 1.32 bits per heavy atom. The number of esters is 1. The summed E-state index contributed by atoms with van der Waals surface area (Å²) < 4.78 is 9.87. The first-order chi connectivity index (χ1) is 11.8. The van der Waals surface area contributed by atoms with E-state index in [0.717, 1.165) is 10.5 Å². The molecule has 1 atom stereocenters. The van der Waals surface area contributed by atoms with Crippen molar-refractivity contribution in [1.29, 1.82) is 0 Å². The quantitative estimate of drug-likeness (QED) is 0.458. The predicted octanol–water partition coefficient (Wildman–Crippen LogP) is 3.67. The van der Waals surface area contributed by atoms with Crippen LogP contribution < -0.4 is 0 Å². The van der Waals surface area contributed by atoms with Crippen molar-refractivity contribution in [2.24, 2.45) is 4.40 Å². The summed E-state index contributed by atoms with van der Waals surface area (Å²) in [5.41, 5.74) is 1.12. The van der Waals surface area contributed by atoms with Crippen molar-refractivity contribution < 1.29 is 14.3 Å². The molecule has 0 bridgehead atoms. The van der Waals surface area contributed by atoms with Crippen LogP contribution in [-0.4, -0.2) is 39.2 Å². The fraction of sp³-hybridized carbons (Fsp3) is 0.389. The van der Waals surface area contributed by atoms with E-state index >= 15 is 0 Å². The van der Waals surface area contributed by atoms with Gasteiger partial charge in [0.15, 0.2) is 0 Å². The molecule has 2 aliphatic rings. The molecular formula is C18H20N2O3S2. The van der Waals surface area contributed by atoms with Gasteiger partial charge in [-0.05, 0) is 45.4 Å². The van der Waals surface area contributed by atoms with Gasteiger partial charge in [-0.15, -0.1) is 11.8 Å². The maximum atomic E-state index is 12.6. The minimum absolute atomic E-state index is 0.213. The van der Waals surface area contributed by atoms with Crippen LogP contribution in [0.1, 0.15) is 27.7 Å². The summed E-state index contributed by atoms with van der Waals surface area (Å²) in [6.45, 7) is 7.31. The van der Waals surface area contributed by atoms with Gasteiger partial charge in [0.1, 0.15) is 22.4 Å². The summed E-state index contributed by atoms with van der Waals surface area (Å²) in [6.07, 6.45) is 0. The standard InChI is InChI=1S/C18H20N2O3S2/c1-11-10-24-16-13(19-25-12-8-6-5-7-9-12)15(21)20(16)14(11)17(22)23-18(2,3)4/h5-9,16H,10H2,1-4H3/b19-13+/t16-/m1/s1. The summed E-state index contributed by atoms with van der Waals surface area (Å²) in [5.74, 6) is 0.0113. The number of hydrogen-bond donors (Lipinski definition) is 0. The third kappa shape index (κ3) is 3.77. The molecule has 1 saturated heterocycles. The maximum Gasteiger partial charge on any atom is 0.355 e. The van der Waals surface area contributed by atoms with Gasteiger partial charge in [0, 0.05) is 22.6 Å². The van der Waals surface area contributed by atoms with Crippen molar-refractivity contribution in [2.45, 2.75) is 43.6 Å². The smallest absolute Gasteiger partial charge is 0.355 e. The van der Waals surface area contributed by atoms with E-state index in [4.69, 9.17) is 4.74 Å². The van der Waals surface area contributed by atoms with E-state index in [2.05, 4.69) is 4.40 Å². The molecule has 0 unspecified atom stereocenters. The fourth-order valence-corrected chi connectivity index (χ4v) is 4.44. The molecule has 7 heteroatoms. The van der Waals surface area contributed by atoms with E-state index in [1.807, 2.05) is 58.0 Å². The van der Waals surface area contributed by atoms with E-state index in [1.54, 1.807) is 11.8 Å². The summed E-state index contributed by atoms with van der Waals surface area (Å²) in [7, 11) is 0. The molecule has 1 fully saturated rings. The van der Waals surface area contributed by atoms with Crippen LogP contribution in [0.5, 0.6) is 0 Å². The molecular weight excluding hydrogens is 356 g/mol. The monoisotopic (exact) mass is 376 g/mol. The molecule has 1 aromatic rings. The molecule has 1 aromatic carbocycles. The maximum absolute atomic E-state index is 12.6. The summed E-state index contributed by atoms with van der Waals surface area (Å²) in [5, 5.41) is -0.213. The van der Waals surface area contributed by atoms with Gasteiger partial charge in [-0.25, -0.2) is 9.19 Å². The van der Waals surface area contributed by atoms with Crippen LogP contribution >= 0.6 is 23.7 Å². The van der Waals surface area contributed by atoms with E-state index < -0.39 is 11.6 Å². The zero-order chi connectivity index (χ0) is 18.2. The average Bonchev–Trinajstić information content (AvgIpc) is 2.54. The number of amides is 1. The Labute approximate surface area is 156 Å². The van der Waals surface area contributed by atoms with Gasteiger partial charge < -0.3 is 4.74 Å². The van der Waals surface area contributed by atoms with Gasteiger partial charge in [-0.3, -0.25) is 9.69 Å². The molecule has 1 amide bonds. The van der Waals surface area contributed by atoms with E-state index in [-0.39, 0.29) is 11.3 Å². The second-order valence-corrected chi connectivity index (χ2v) is 8.76. The Balaban J connectivity index is 1.78. The lowest BCUT2D eigenvalue weighted by Gasteiger charge is -2.44. The number of thioether (sulfide) groups is 1. The Kier molecular flexibility index (Phi) is 4.97. The minimum Gasteiger partial charge on any atom is -0.455 e.